The standard InChI is InChI=1S/C16H14F3NO4S.C16H16F3NO3S/c17-13-9-15(19)14(18)7-10(13)6-11(8-16(21)22)20-25(23,24)12-4-2-1-3-5-12;17-14-10-16(19)15(18)9-11(14)8-12(6-7-21)20-24(22,23)13-4-2-1-3-5-13/h1-5,7,9,11,20H,6,8H2,(H,21,22);1-5,9-10,12,20-21H,6-8H2/t11-;12-/m10/s1. The number of carboxylic acids is 1. The Morgan fingerprint density at radius 2 is 0.959 bits per heavy atom. The van der Waals surface area contributed by atoms with Crippen LogP contribution in [0.15, 0.2) is 94.7 Å². The predicted molar refractivity (Wildman–Crippen MR) is 165 cm³/mol. The molecule has 0 aromatic heterocycles. The van der Waals surface area contributed by atoms with Crippen LogP contribution >= 0.6 is 0 Å². The number of aliphatic carboxylic acids is 1. The van der Waals surface area contributed by atoms with Gasteiger partial charge in [-0.05, 0) is 66.8 Å². The molecule has 0 bridgehead atoms. The molecule has 4 aromatic carbocycles. The van der Waals surface area contributed by atoms with Crippen molar-refractivity contribution in [3.05, 3.63) is 131 Å². The first-order chi connectivity index (χ1) is 23.0. The average molecular weight is 733 g/mol. The van der Waals surface area contributed by atoms with E-state index in [1.165, 1.54) is 36.4 Å². The highest BCUT2D eigenvalue weighted by atomic mass is 32.2. The summed E-state index contributed by atoms with van der Waals surface area (Å²) in [6, 6.07) is 14.6. The molecule has 2 atom stereocenters. The molecule has 4 aromatic rings. The number of hydrogen-bond acceptors (Lipinski definition) is 6. The van der Waals surface area contributed by atoms with Crippen LogP contribution in [0.2, 0.25) is 0 Å². The van der Waals surface area contributed by atoms with Gasteiger partial charge in [0, 0.05) is 30.8 Å². The number of carbonyl (C=O) groups is 1. The summed E-state index contributed by atoms with van der Waals surface area (Å²) in [5.41, 5.74) is -0.510. The number of halogens is 6. The van der Waals surface area contributed by atoms with Gasteiger partial charge in [-0.3, -0.25) is 4.79 Å². The minimum atomic E-state index is -4.06. The Hall–Kier alpha value is -4.29. The van der Waals surface area contributed by atoms with Gasteiger partial charge >= 0.3 is 5.97 Å². The van der Waals surface area contributed by atoms with Crippen molar-refractivity contribution >= 4 is 26.0 Å². The van der Waals surface area contributed by atoms with Crippen molar-refractivity contribution in [1.82, 2.24) is 9.44 Å². The molecule has 0 radical (unpaired) electrons. The van der Waals surface area contributed by atoms with E-state index in [2.05, 4.69) is 9.44 Å². The van der Waals surface area contributed by atoms with Gasteiger partial charge in [0.1, 0.15) is 11.6 Å². The summed E-state index contributed by atoms with van der Waals surface area (Å²) in [5.74, 6) is -8.63. The van der Waals surface area contributed by atoms with Crippen molar-refractivity contribution in [3.63, 3.8) is 0 Å². The molecule has 264 valence electrons. The van der Waals surface area contributed by atoms with E-state index in [0.717, 1.165) is 0 Å². The largest absolute Gasteiger partial charge is 0.481 e. The zero-order valence-corrected chi connectivity index (χ0v) is 26.9. The SMILES string of the molecule is O=C(O)C[C@@H](Cc1cc(F)c(F)cc1F)NS(=O)(=O)c1ccccc1.O=S(=O)(N[C@@H](CCO)Cc1cc(F)c(F)cc1F)c1ccccc1. The van der Waals surface area contributed by atoms with Gasteiger partial charge in [-0.1, -0.05) is 36.4 Å². The first-order valence-corrected chi connectivity index (χ1v) is 17.2. The molecule has 17 heteroatoms. The number of carboxylic acid groups (broad SMARTS) is 1. The quantitative estimate of drug-likeness (QED) is 0.107. The lowest BCUT2D eigenvalue weighted by Gasteiger charge is -2.18. The number of rotatable bonds is 14. The topological polar surface area (TPSA) is 150 Å². The van der Waals surface area contributed by atoms with Gasteiger partial charge in [0.2, 0.25) is 20.0 Å². The van der Waals surface area contributed by atoms with Crippen molar-refractivity contribution in [2.24, 2.45) is 0 Å². The van der Waals surface area contributed by atoms with Crippen molar-refractivity contribution in [2.45, 2.75) is 47.6 Å². The number of aliphatic hydroxyl groups excluding tert-OH is 1. The average Bonchev–Trinajstić information content (AvgIpc) is 3.03. The Kier molecular flexibility index (Phi) is 13.9. The number of hydrogen-bond donors (Lipinski definition) is 4. The van der Waals surface area contributed by atoms with E-state index in [4.69, 9.17) is 10.2 Å². The lowest BCUT2D eigenvalue weighted by molar-refractivity contribution is -0.137. The van der Waals surface area contributed by atoms with Crippen LogP contribution in [0.3, 0.4) is 0 Å². The first-order valence-electron chi connectivity index (χ1n) is 14.3. The number of benzene rings is 4. The summed E-state index contributed by atoms with van der Waals surface area (Å²) in [4.78, 5) is 10.9. The second-order valence-electron chi connectivity index (χ2n) is 10.5. The molecule has 0 aliphatic rings. The lowest BCUT2D eigenvalue weighted by atomic mass is 10.0. The van der Waals surface area contributed by atoms with Gasteiger partial charge in [-0.2, -0.15) is 0 Å². The van der Waals surface area contributed by atoms with E-state index >= 15 is 0 Å². The molecule has 0 aliphatic carbocycles. The molecule has 0 saturated heterocycles. The maximum absolute atomic E-state index is 13.8. The van der Waals surface area contributed by atoms with Gasteiger partial charge in [0.15, 0.2) is 23.3 Å². The second kappa shape index (κ2) is 17.4. The van der Waals surface area contributed by atoms with Crippen LogP contribution in [0.5, 0.6) is 0 Å². The van der Waals surface area contributed by atoms with Crippen molar-refractivity contribution in [2.75, 3.05) is 6.61 Å². The Balaban J connectivity index is 0.000000266. The molecule has 0 unspecified atom stereocenters. The first kappa shape index (κ1) is 39.2. The lowest BCUT2D eigenvalue weighted by Crippen LogP contribution is -2.38. The smallest absolute Gasteiger partial charge is 0.304 e. The highest BCUT2D eigenvalue weighted by Gasteiger charge is 2.25. The monoisotopic (exact) mass is 732 g/mol. The molecular formula is C32H30F6N2O7S2. The molecule has 0 heterocycles. The normalized spacial score (nSPS) is 12.9. The van der Waals surface area contributed by atoms with Gasteiger partial charge in [-0.25, -0.2) is 52.6 Å². The summed E-state index contributed by atoms with van der Waals surface area (Å²) in [7, 11) is -7.94. The minimum absolute atomic E-state index is 0.00943. The zero-order chi connectivity index (χ0) is 36.4. The van der Waals surface area contributed by atoms with Gasteiger partial charge < -0.3 is 10.2 Å². The fourth-order valence-electron chi connectivity index (χ4n) is 4.47. The number of sulfonamides is 2. The van der Waals surface area contributed by atoms with Gasteiger partial charge in [0.05, 0.1) is 16.2 Å². The summed E-state index contributed by atoms with van der Waals surface area (Å²) in [6.45, 7) is -0.354. The molecule has 9 nitrogen and oxygen atoms in total. The van der Waals surface area contributed by atoms with E-state index in [1.54, 1.807) is 24.3 Å². The van der Waals surface area contributed by atoms with Crippen LogP contribution in [0.25, 0.3) is 0 Å². The van der Waals surface area contributed by atoms with Crippen molar-refractivity contribution in [3.8, 4) is 0 Å². The van der Waals surface area contributed by atoms with Crippen molar-refractivity contribution < 1.29 is 58.2 Å². The van der Waals surface area contributed by atoms with Crippen LogP contribution in [0.1, 0.15) is 24.0 Å². The Bertz CT molecular complexity index is 1950. The molecule has 0 fully saturated rings. The van der Waals surface area contributed by atoms with E-state index in [1.807, 2.05) is 0 Å². The fraction of sp³-hybridized carbons (Fsp3) is 0.219. The molecule has 0 spiro atoms. The minimum Gasteiger partial charge on any atom is -0.481 e. The molecule has 49 heavy (non-hydrogen) atoms. The summed E-state index contributed by atoms with van der Waals surface area (Å²) in [6.07, 6.45) is -1.36. The maximum Gasteiger partial charge on any atom is 0.304 e. The summed E-state index contributed by atoms with van der Waals surface area (Å²) < 4.78 is 134. The molecule has 0 aliphatic heterocycles. The molecule has 0 saturated carbocycles. The van der Waals surface area contributed by atoms with Crippen LogP contribution in [-0.4, -0.2) is 51.7 Å². The third-order valence-corrected chi connectivity index (χ3v) is 9.83. The van der Waals surface area contributed by atoms with Crippen LogP contribution in [0.4, 0.5) is 26.3 Å². The predicted octanol–water partition coefficient (Wildman–Crippen LogP) is 4.84. The van der Waals surface area contributed by atoms with E-state index in [0.29, 0.717) is 24.3 Å². The van der Waals surface area contributed by atoms with Gasteiger partial charge in [-0.15, -0.1) is 0 Å². The van der Waals surface area contributed by atoms with E-state index in [-0.39, 0.29) is 40.4 Å². The van der Waals surface area contributed by atoms with Gasteiger partial charge in [0.25, 0.3) is 0 Å². The molecule has 0 amide bonds. The van der Waals surface area contributed by atoms with Crippen LogP contribution in [0, 0.1) is 34.9 Å². The third kappa shape index (κ3) is 11.7. The Morgan fingerprint density at radius 1 is 0.592 bits per heavy atom. The fourth-order valence-corrected chi connectivity index (χ4v) is 7.02. The number of aliphatic hydroxyl groups is 1. The Labute approximate surface area is 278 Å². The van der Waals surface area contributed by atoms with Crippen LogP contribution in [-0.2, 0) is 37.7 Å². The highest BCUT2D eigenvalue weighted by Crippen LogP contribution is 2.19. The second-order valence-corrected chi connectivity index (χ2v) is 13.9. The Morgan fingerprint density at radius 3 is 1.35 bits per heavy atom. The zero-order valence-electron chi connectivity index (χ0n) is 25.3. The highest BCUT2D eigenvalue weighted by molar-refractivity contribution is 7.89. The van der Waals surface area contributed by atoms with Crippen molar-refractivity contribution in [1.29, 1.82) is 0 Å². The molecular weight excluding hydrogens is 702 g/mol. The number of nitrogens with one attached hydrogen (secondary N) is 2. The molecule has 4 rings (SSSR count). The van der Waals surface area contributed by atoms with Crippen LogP contribution < -0.4 is 9.44 Å². The summed E-state index contributed by atoms with van der Waals surface area (Å²) >= 11 is 0. The molecule has 4 N–H and O–H groups in total. The summed E-state index contributed by atoms with van der Waals surface area (Å²) in [5, 5.41) is 18.0. The van der Waals surface area contributed by atoms with E-state index in [9.17, 15) is 48.0 Å². The van der Waals surface area contributed by atoms with E-state index < -0.39 is 85.8 Å². The third-order valence-electron chi connectivity index (χ3n) is 6.76. The maximum atomic E-state index is 13.8.